The second-order valence-corrected chi connectivity index (χ2v) is 2.70. The van der Waals surface area contributed by atoms with Crippen molar-refractivity contribution in [1.82, 2.24) is 5.32 Å². The lowest BCUT2D eigenvalue weighted by atomic mass is 9.93. The first-order valence-corrected chi connectivity index (χ1v) is 3.67. The van der Waals surface area contributed by atoms with Crippen LogP contribution in [0, 0.1) is 11.8 Å². The van der Waals surface area contributed by atoms with Crippen LogP contribution in [0.25, 0.3) is 0 Å². The van der Waals surface area contributed by atoms with E-state index in [1.165, 1.54) is 0 Å². The van der Waals surface area contributed by atoms with Crippen LogP contribution >= 0.6 is 0 Å². The zero-order valence-corrected chi connectivity index (χ0v) is 6.33. The van der Waals surface area contributed by atoms with Crippen molar-refractivity contribution in [2.45, 2.75) is 13.3 Å². The molecular weight excluding hydrogens is 146 g/mol. The summed E-state index contributed by atoms with van der Waals surface area (Å²) in [6, 6.07) is 0. The average Bonchev–Trinajstić information content (AvgIpc) is 2.30. The molecule has 62 valence electrons. The molecule has 0 aromatic heterocycles. The van der Waals surface area contributed by atoms with Crippen molar-refractivity contribution < 1.29 is 14.7 Å². The van der Waals surface area contributed by atoms with E-state index < -0.39 is 11.9 Å². The number of carbonyl (C=O) groups excluding carboxylic acids is 1. The van der Waals surface area contributed by atoms with Crippen molar-refractivity contribution >= 4 is 11.9 Å². The molecule has 11 heavy (non-hydrogen) atoms. The van der Waals surface area contributed by atoms with E-state index in [-0.39, 0.29) is 18.4 Å². The van der Waals surface area contributed by atoms with Crippen molar-refractivity contribution in [1.29, 1.82) is 0 Å². The summed E-state index contributed by atoms with van der Waals surface area (Å²) in [5.41, 5.74) is 0. The van der Waals surface area contributed by atoms with Gasteiger partial charge in [-0.25, -0.2) is 0 Å². The third-order valence-electron chi connectivity index (χ3n) is 2.08. The van der Waals surface area contributed by atoms with Gasteiger partial charge < -0.3 is 10.4 Å². The van der Waals surface area contributed by atoms with Gasteiger partial charge in [0.05, 0.1) is 11.8 Å². The van der Waals surface area contributed by atoms with E-state index >= 15 is 0 Å². The Kier molecular flexibility index (Phi) is 2.12. The maximum absolute atomic E-state index is 10.9. The second-order valence-electron chi connectivity index (χ2n) is 2.70. The summed E-state index contributed by atoms with van der Waals surface area (Å²) in [6.07, 6.45) is 0.600. The molecule has 2 atom stereocenters. The van der Waals surface area contributed by atoms with Gasteiger partial charge in [0.1, 0.15) is 0 Å². The van der Waals surface area contributed by atoms with Crippen molar-refractivity contribution in [2.75, 3.05) is 6.54 Å². The number of carbonyl (C=O) groups is 2. The first-order chi connectivity index (χ1) is 5.16. The van der Waals surface area contributed by atoms with Crippen molar-refractivity contribution in [2.24, 2.45) is 11.8 Å². The summed E-state index contributed by atoms with van der Waals surface area (Å²) >= 11 is 0. The third-order valence-corrected chi connectivity index (χ3v) is 2.08. The summed E-state index contributed by atoms with van der Waals surface area (Å²) in [5, 5.41) is 11.2. The Labute approximate surface area is 64.6 Å². The largest absolute Gasteiger partial charge is 0.481 e. The molecule has 1 fully saturated rings. The smallest absolute Gasteiger partial charge is 0.309 e. The highest BCUT2D eigenvalue weighted by molar-refractivity contribution is 5.88. The quantitative estimate of drug-likeness (QED) is 0.585. The van der Waals surface area contributed by atoms with Gasteiger partial charge in [0.15, 0.2) is 0 Å². The predicted octanol–water partition coefficient (Wildman–Crippen LogP) is -0.157. The molecule has 1 amide bonds. The van der Waals surface area contributed by atoms with Crippen LogP contribution in [0.2, 0.25) is 0 Å². The van der Waals surface area contributed by atoms with Crippen LogP contribution < -0.4 is 5.32 Å². The van der Waals surface area contributed by atoms with Crippen LogP contribution in [-0.4, -0.2) is 23.5 Å². The number of rotatable bonds is 2. The number of aliphatic carboxylic acids is 1. The maximum Gasteiger partial charge on any atom is 0.309 e. The molecule has 1 saturated heterocycles. The fourth-order valence-corrected chi connectivity index (χ4v) is 1.40. The lowest BCUT2D eigenvalue weighted by Crippen LogP contribution is -2.23. The summed E-state index contributed by atoms with van der Waals surface area (Å²) in [6.45, 7) is 2.11. The molecule has 0 aliphatic carbocycles. The fourth-order valence-electron chi connectivity index (χ4n) is 1.40. The normalized spacial score (nSPS) is 30.1. The lowest BCUT2D eigenvalue weighted by molar-refractivity contribution is -0.143. The van der Waals surface area contributed by atoms with E-state index in [0.717, 1.165) is 0 Å². The molecule has 0 aromatic carbocycles. The van der Waals surface area contributed by atoms with E-state index in [0.29, 0.717) is 6.42 Å². The molecule has 1 aliphatic rings. The molecule has 0 spiro atoms. The van der Waals surface area contributed by atoms with Gasteiger partial charge in [-0.2, -0.15) is 0 Å². The molecule has 0 saturated carbocycles. The number of nitrogens with one attached hydrogen (secondary N) is 1. The fraction of sp³-hybridized carbons (Fsp3) is 0.714. The summed E-state index contributed by atoms with van der Waals surface area (Å²) in [4.78, 5) is 21.5. The predicted molar refractivity (Wildman–Crippen MR) is 37.9 cm³/mol. The van der Waals surface area contributed by atoms with Crippen LogP contribution in [0.3, 0.4) is 0 Å². The molecule has 4 nitrogen and oxygen atoms in total. The monoisotopic (exact) mass is 157 g/mol. The number of carboxylic acid groups (broad SMARTS) is 1. The molecule has 1 heterocycles. The molecule has 2 N–H and O–H groups in total. The first kappa shape index (κ1) is 8.04. The van der Waals surface area contributed by atoms with Crippen LogP contribution in [0.5, 0.6) is 0 Å². The average molecular weight is 157 g/mol. The van der Waals surface area contributed by atoms with Crippen LogP contribution in [0.4, 0.5) is 0 Å². The molecule has 4 heteroatoms. The van der Waals surface area contributed by atoms with Crippen molar-refractivity contribution in [3.8, 4) is 0 Å². The Hall–Kier alpha value is -1.06. The van der Waals surface area contributed by atoms with Gasteiger partial charge in [-0.1, -0.05) is 6.92 Å². The second kappa shape index (κ2) is 2.90. The standard InChI is InChI=1S/C7H11NO3/c1-2-4-5(7(10)11)3-8-6(4)9/h4-5H,2-3H2,1H3,(H,8,9)(H,10,11)/t4?,5-/m1/s1. The summed E-state index contributed by atoms with van der Waals surface area (Å²) in [7, 11) is 0. The Bertz CT molecular complexity index is 190. The van der Waals surface area contributed by atoms with E-state index in [2.05, 4.69) is 5.32 Å². The van der Waals surface area contributed by atoms with Crippen molar-refractivity contribution in [3.63, 3.8) is 0 Å². The van der Waals surface area contributed by atoms with E-state index in [1.54, 1.807) is 0 Å². The number of hydrogen-bond donors (Lipinski definition) is 2. The summed E-state index contributed by atoms with van der Waals surface area (Å²) < 4.78 is 0. The number of carboxylic acids is 1. The molecule has 1 aliphatic heterocycles. The summed E-state index contributed by atoms with van der Waals surface area (Å²) in [5.74, 6) is -1.85. The Morgan fingerprint density at radius 3 is 2.82 bits per heavy atom. The topological polar surface area (TPSA) is 66.4 Å². The Morgan fingerprint density at radius 2 is 2.45 bits per heavy atom. The Morgan fingerprint density at radius 1 is 1.82 bits per heavy atom. The van der Waals surface area contributed by atoms with E-state index in [1.807, 2.05) is 6.92 Å². The molecule has 0 radical (unpaired) electrons. The van der Waals surface area contributed by atoms with Gasteiger partial charge in [-0.15, -0.1) is 0 Å². The zero-order chi connectivity index (χ0) is 8.43. The highest BCUT2D eigenvalue weighted by Gasteiger charge is 2.37. The molecule has 1 rings (SSSR count). The zero-order valence-electron chi connectivity index (χ0n) is 6.33. The highest BCUT2D eigenvalue weighted by atomic mass is 16.4. The first-order valence-electron chi connectivity index (χ1n) is 3.67. The molecule has 0 aromatic rings. The van der Waals surface area contributed by atoms with Gasteiger partial charge >= 0.3 is 5.97 Å². The van der Waals surface area contributed by atoms with Gasteiger partial charge in [0.2, 0.25) is 5.91 Å². The van der Waals surface area contributed by atoms with Gasteiger partial charge in [0.25, 0.3) is 0 Å². The van der Waals surface area contributed by atoms with Crippen molar-refractivity contribution in [3.05, 3.63) is 0 Å². The van der Waals surface area contributed by atoms with Crippen LogP contribution in [-0.2, 0) is 9.59 Å². The minimum absolute atomic E-state index is 0.125. The number of amides is 1. The third kappa shape index (κ3) is 1.34. The van der Waals surface area contributed by atoms with Gasteiger partial charge in [-0.3, -0.25) is 9.59 Å². The number of hydrogen-bond acceptors (Lipinski definition) is 2. The molecular formula is C7H11NO3. The van der Waals surface area contributed by atoms with Crippen LogP contribution in [0.15, 0.2) is 0 Å². The van der Waals surface area contributed by atoms with E-state index in [9.17, 15) is 9.59 Å². The van der Waals surface area contributed by atoms with E-state index in [4.69, 9.17) is 5.11 Å². The minimum Gasteiger partial charge on any atom is -0.481 e. The maximum atomic E-state index is 10.9. The molecule has 0 bridgehead atoms. The van der Waals surface area contributed by atoms with Gasteiger partial charge in [-0.05, 0) is 6.42 Å². The SMILES string of the molecule is CCC1C(=O)NC[C@H]1C(=O)O. The highest BCUT2D eigenvalue weighted by Crippen LogP contribution is 2.20. The van der Waals surface area contributed by atoms with Gasteiger partial charge in [0, 0.05) is 6.54 Å². The molecule has 1 unspecified atom stereocenters. The van der Waals surface area contributed by atoms with Crippen LogP contribution in [0.1, 0.15) is 13.3 Å². The lowest BCUT2D eigenvalue weighted by Gasteiger charge is -2.08. The minimum atomic E-state index is -0.879. The Balaban J connectivity index is 2.68.